The van der Waals surface area contributed by atoms with Gasteiger partial charge in [0.2, 0.25) is 11.5 Å². The van der Waals surface area contributed by atoms with Crippen molar-refractivity contribution in [1.82, 2.24) is 20.5 Å². The van der Waals surface area contributed by atoms with E-state index in [2.05, 4.69) is 15.6 Å². The molecule has 0 radical (unpaired) electrons. The number of ketones is 2. The number of nitrogens with zero attached hydrogens (tertiary/aromatic N) is 1. The molecule has 0 aliphatic heterocycles. The van der Waals surface area contributed by atoms with Gasteiger partial charge in [0.15, 0.2) is 11.6 Å². The second-order valence-electron chi connectivity index (χ2n) is 11.9. The number of aromatic nitrogens is 1. The molecule has 1 aliphatic carbocycles. The van der Waals surface area contributed by atoms with Crippen LogP contribution in [0.5, 0.6) is 5.75 Å². The van der Waals surface area contributed by atoms with Crippen LogP contribution < -0.4 is 16.2 Å². The Morgan fingerprint density at radius 3 is 2.02 bits per heavy atom. The number of carbonyl (C=O) groups excluding carboxylic acids is 3. The van der Waals surface area contributed by atoms with Crippen LogP contribution in [0.1, 0.15) is 49.7 Å². The molecular weight excluding hydrogens is 696 g/mol. The van der Waals surface area contributed by atoms with E-state index in [1.165, 1.54) is 18.6 Å². The van der Waals surface area contributed by atoms with Crippen LogP contribution in [0.3, 0.4) is 0 Å². The van der Waals surface area contributed by atoms with E-state index in [0.717, 1.165) is 49.1 Å². The van der Waals surface area contributed by atoms with Crippen LogP contribution in [0, 0.1) is 11.6 Å². The molecular formula is C34H38F8N4O5. The van der Waals surface area contributed by atoms with Crippen molar-refractivity contribution in [2.24, 2.45) is 0 Å². The number of pyridine rings is 1. The van der Waals surface area contributed by atoms with Gasteiger partial charge >= 0.3 is 23.9 Å². The number of aromatic hydroxyl groups is 1. The van der Waals surface area contributed by atoms with E-state index in [1.54, 1.807) is 18.2 Å². The van der Waals surface area contributed by atoms with Crippen LogP contribution in [0.4, 0.5) is 35.1 Å². The second kappa shape index (κ2) is 18.7. The molecule has 1 aliphatic rings. The van der Waals surface area contributed by atoms with Crippen LogP contribution in [0.15, 0.2) is 47.3 Å². The molecule has 0 bridgehead atoms. The van der Waals surface area contributed by atoms with Gasteiger partial charge in [-0.15, -0.1) is 0 Å². The number of Topliss-reactive ketones (excluding diaryl/α,β-unsaturated/α-hetero) is 2. The molecule has 0 saturated heterocycles. The second-order valence-corrected chi connectivity index (χ2v) is 11.9. The number of aromatic amines is 1. The van der Waals surface area contributed by atoms with Crippen molar-refractivity contribution in [2.45, 2.75) is 69.8 Å². The maximum Gasteiger partial charge on any atom is 0.458 e. The summed E-state index contributed by atoms with van der Waals surface area (Å²) >= 11 is 0. The van der Waals surface area contributed by atoms with Crippen molar-refractivity contribution in [1.29, 1.82) is 0 Å². The number of rotatable bonds is 14. The normalized spacial score (nSPS) is 13.8. The Bertz CT molecular complexity index is 1680. The Balaban J connectivity index is 0.000000501. The highest BCUT2D eigenvalue weighted by atomic mass is 19.4. The van der Waals surface area contributed by atoms with E-state index >= 15 is 0 Å². The Kier molecular flexibility index (Phi) is 15.1. The molecule has 17 heteroatoms. The number of halogens is 8. The highest BCUT2D eigenvalue weighted by molar-refractivity contribution is 6.41. The van der Waals surface area contributed by atoms with Crippen LogP contribution in [-0.4, -0.2) is 83.6 Å². The third-order valence-corrected chi connectivity index (χ3v) is 8.24. The number of phenols is 1. The zero-order chi connectivity index (χ0) is 37.8. The zero-order valence-corrected chi connectivity index (χ0v) is 27.4. The number of phenolic OH excluding ortho intramolecular Hbond substituents is 1. The topological polar surface area (TPSA) is 132 Å². The number of alkyl halides is 6. The third-order valence-electron chi connectivity index (χ3n) is 8.24. The first-order chi connectivity index (χ1) is 24.0. The first kappa shape index (κ1) is 41.0. The van der Waals surface area contributed by atoms with Crippen LogP contribution >= 0.6 is 0 Å². The molecule has 1 saturated carbocycles. The van der Waals surface area contributed by atoms with Crippen molar-refractivity contribution >= 4 is 28.4 Å². The Hall–Kier alpha value is -4.38. The molecule has 0 atom stereocenters. The number of hydrogen-bond donors (Lipinski definition) is 4. The third kappa shape index (κ3) is 12.4. The number of fused-ring (bicyclic) bond motifs is 1. The van der Waals surface area contributed by atoms with Gasteiger partial charge in [-0.3, -0.25) is 19.2 Å². The number of H-pyrrole nitrogens is 1. The fraction of sp³-hybridized carbons (Fsp3) is 0.471. The largest absolute Gasteiger partial charge is 0.506 e. The van der Waals surface area contributed by atoms with Gasteiger partial charge in [-0.1, -0.05) is 37.5 Å². The van der Waals surface area contributed by atoms with Gasteiger partial charge in [-0.25, -0.2) is 8.78 Å². The molecule has 9 nitrogen and oxygen atoms in total. The van der Waals surface area contributed by atoms with Crippen molar-refractivity contribution in [2.75, 3.05) is 32.7 Å². The minimum atomic E-state index is -5.77. The van der Waals surface area contributed by atoms with Crippen molar-refractivity contribution in [3.05, 3.63) is 75.6 Å². The predicted molar refractivity (Wildman–Crippen MR) is 171 cm³/mol. The number of carbonyl (C=O) groups is 3. The van der Waals surface area contributed by atoms with Crippen LogP contribution in [0.2, 0.25) is 0 Å². The highest BCUT2D eigenvalue weighted by Gasteiger charge is 2.54. The van der Waals surface area contributed by atoms with Crippen LogP contribution in [-0.2, 0) is 27.2 Å². The maximum atomic E-state index is 13.8. The summed E-state index contributed by atoms with van der Waals surface area (Å²) in [5.74, 6) is -8.30. The molecule has 2 aromatic carbocycles. The maximum absolute atomic E-state index is 13.8. The van der Waals surface area contributed by atoms with E-state index in [-0.39, 0.29) is 23.3 Å². The summed E-state index contributed by atoms with van der Waals surface area (Å²) in [5.41, 5.74) is 1.55. The number of hydrogen-bond acceptors (Lipinski definition) is 7. The standard InChI is InChI=1S/C30H38F2N4O3.C4F6O2/c31-25-8-4-5-22(29(25)32)14-17-33-18-15-28(39)36(23-6-2-1-3-7-23)20-19-34-16-13-21-9-11-26(37)30-24(21)10-12-27(38)35-30;5-3(6,7)1(11)2(12)4(8,9)10/h4-5,8-12,23,33-34,37H,1-3,6-7,13-20H2,(H,35,38);. The Labute approximate surface area is 287 Å². The number of nitrogens with one attached hydrogen (secondary N) is 3. The smallest absolute Gasteiger partial charge is 0.458 e. The number of benzene rings is 2. The van der Waals surface area contributed by atoms with Gasteiger partial charge in [0.1, 0.15) is 5.75 Å². The lowest BCUT2D eigenvalue weighted by Gasteiger charge is -2.34. The first-order valence-electron chi connectivity index (χ1n) is 16.2. The zero-order valence-electron chi connectivity index (χ0n) is 27.4. The van der Waals surface area contributed by atoms with Crippen molar-refractivity contribution in [3.63, 3.8) is 0 Å². The van der Waals surface area contributed by atoms with Gasteiger partial charge in [0, 0.05) is 43.5 Å². The molecule has 1 amide bonds. The van der Waals surface area contributed by atoms with Crippen molar-refractivity contribution < 1.29 is 54.6 Å². The van der Waals surface area contributed by atoms with Crippen molar-refractivity contribution in [3.8, 4) is 5.75 Å². The SMILES string of the molecule is O=C(C(=O)C(F)(F)F)C(F)(F)F.O=C(CCNCCc1cccc(F)c1F)N(CCNCCc1ccc(O)c2[nH]c(=O)ccc12)C1CCCCC1. The summed E-state index contributed by atoms with van der Waals surface area (Å²) in [6.07, 6.45) is -4.58. The molecule has 3 aromatic rings. The molecule has 1 heterocycles. The average molecular weight is 735 g/mol. The summed E-state index contributed by atoms with van der Waals surface area (Å²) in [4.78, 5) is 48.7. The highest BCUT2D eigenvalue weighted by Crippen LogP contribution is 2.26. The van der Waals surface area contributed by atoms with E-state index in [1.807, 2.05) is 11.0 Å². The Morgan fingerprint density at radius 2 is 1.39 bits per heavy atom. The minimum Gasteiger partial charge on any atom is -0.506 e. The quantitative estimate of drug-likeness (QED) is 0.101. The first-order valence-corrected chi connectivity index (χ1v) is 16.2. The molecule has 1 fully saturated rings. The lowest BCUT2D eigenvalue weighted by molar-refractivity contribution is -0.193. The molecule has 0 spiro atoms. The van der Waals surface area contributed by atoms with E-state index in [4.69, 9.17) is 0 Å². The van der Waals surface area contributed by atoms with E-state index < -0.39 is 35.6 Å². The Morgan fingerprint density at radius 1 is 0.784 bits per heavy atom. The molecule has 280 valence electrons. The summed E-state index contributed by atoms with van der Waals surface area (Å²) < 4.78 is 94.2. The lowest BCUT2D eigenvalue weighted by atomic mass is 9.94. The summed E-state index contributed by atoms with van der Waals surface area (Å²) in [5, 5.41) is 17.5. The molecule has 4 N–H and O–H groups in total. The fourth-order valence-corrected chi connectivity index (χ4v) is 5.65. The van der Waals surface area contributed by atoms with Gasteiger partial charge < -0.3 is 25.6 Å². The van der Waals surface area contributed by atoms with Crippen LogP contribution in [0.25, 0.3) is 10.9 Å². The monoisotopic (exact) mass is 734 g/mol. The molecule has 1 aromatic heterocycles. The number of amides is 1. The van der Waals surface area contributed by atoms with Gasteiger partial charge in [0.05, 0.1) is 5.52 Å². The fourth-order valence-electron chi connectivity index (χ4n) is 5.65. The predicted octanol–water partition coefficient (Wildman–Crippen LogP) is 5.28. The molecule has 51 heavy (non-hydrogen) atoms. The average Bonchev–Trinajstić information content (AvgIpc) is 3.08. The molecule has 0 unspecified atom stereocenters. The van der Waals surface area contributed by atoms with E-state index in [9.17, 15) is 59.4 Å². The van der Waals surface area contributed by atoms with Gasteiger partial charge in [-0.05, 0) is 68.1 Å². The summed E-state index contributed by atoms with van der Waals surface area (Å²) in [7, 11) is 0. The van der Waals surface area contributed by atoms with Gasteiger partial charge in [-0.2, -0.15) is 26.3 Å². The van der Waals surface area contributed by atoms with E-state index in [0.29, 0.717) is 56.6 Å². The summed E-state index contributed by atoms with van der Waals surface area (Å²) in [6.45, 7) is 2.95. The van der Waals surface area contributed by atoms with Gasteiger partial charge in [0.25, 0.3) is 0 Å². The molecule has 4 rings (SSSR count). The minimum absolute atomic E-state index is 0.0525. The summed E-state index contributed by atoms with van der Waals surface area (Å²) in [6, 6.07) is 11.1. The lowest BCUT2D eigenvalue weighted by Crippen LogP contribution is -2.45.